The molecule has 138 valence electrons. The lowest BCUT2D eigenvalue weighted by Gasteiger charge is -2.15. The van der Waals surface area contributed by atoms with Crippen LogP contribution >= 0.6 is 11.8 Å². The number of hydrogen-bond donors (Lipinski definition) is 1. The van der Waals surface area contributed by atoms with E-state index in [2.05, 4.69) is 5.32 Å². The lowest BCUT2D eigenvalue weighted by Crippen LogP contribution is -2.22. The van der Waals surface area contributed by atoms with E-state index in [9.17, 15) is 9.59 Å². The summed E-state index contributed by atoms with van der Waals surface area (Å²) < 4.78 is 6.89. The summed E-state index contributed by atoms with van der Waals surface area (Å²) in [6, 6.07) is 20.7. The van der Waals surface area contributed by atoms with Crippen molar-refractivity contribution in [1.29, 1.82) is 0 Å². The molecule has 0 aliphatic carbocycles. The molecule has 1 aromatic heterocycles. The van der Waals surface area contributed by atoms with Gasteiger partial charge in [-0.25, -0.2) is 0 Å². The molecule has 0 unspecified atom stereocenters. The fraction of sp³-hybridized carbons (Fsp3) is 0.143. The summed E-state index contributed by atoms with van der Waals surface area (Å²) in [5, 5.41) is 2.86. The van der Waals surface area contributed by atoms with Crippen molar-refractivity contribution in [2.45, 2.75) is 17.2 Å². The number of nitrogens with one attached hydrogen (secondary N) is 1. The molecule has 0 radical (unpaired) electrons. The summed E-state index contributed by atoms with van der Waals surface area (Å²) in [5.74, 6) is 0.621. The summed E-state index contributed by atoms with van der Waals surface area (Å²) in [7, 11) is 1.45. The molecule has 0 fully saturated rings. The molecule has 3 rings (SSSR count). The first kappa shape index (κ1) is 18.8. The summed E-state index contributed by atoms with van der Waals surface area (Å²) >= 11 is 1.61. The van der Waals surface area contributed by atoms with E-state index in [0.717, 1.165) is 16.3 Å². The molecule has 0 saturated heterocycles. The Hall–Kier alpha value is -2.99. The predicted octanol–water partition coefficient (Wildman–Crippen LogP) is 3.79. The van der Waals surface area contributed by atoms with Crippen molar-refractivity contribution in [2.24, 2.45) is 0 Å². The fourth-order valence-electron chi connectivity index (χ4n) is 2.57. The average Bonchev–Trinajstić information content (AvgIpc) is 2.69. The van der Waals surface area contributed by atoms with E-state index in [1.807, 2.05) is 60.7 Å². The van der Waals surface area contributed by atoms with Gasteiger partial charge in [-0.1, -0.05) is 36.4 Å². The quantitative estimate of drug-likeness (QED) is 0.634. The number of hydrogen-bond acceptors (Lipinski definition) is 4. The second-order valence-corrected chi connectivity index (χ2v) is 6.89. The van der Waals surface area contributed by atoms with Crippen LogP contribution in [0.4, 0.5) is 5.69 Å². The molecule has 0 saturated carbocycles. The number of para-hydroxylation sites is 1. The molecule has 1 N–H and O–H groups in total. The second-order valence-electron chi connectivity index (χ2n) is 5.84. The van der Waals surface area contributed by atoms with Crippen LogP contribution in [-0.4, -0.2) is 17.6 Å². The Morgan fingerprint density at radius 2 is 1.74 bits per heavy atom. The van der Waals surface area contributed by atoms with Gasteiger partial charge in [0.25, 0.3) is 0 Å². The highest BCUT2D eigenvalue weighted by Gasteiger charge is 2.11. The minimum atomic E-state index is -0.194. The van der Waals surface area contributed by atoms with Crippen molar-refractivity contribution in [2.75, 3.05) is 12.4 Å². The summed E-state index contributed by atoms with van der Waals surface area (Å²) in [4.78, 5) is 25.7. The van der Waals surface area contributed by atoms with Crippen LogP contribution in [0.5, 0.6) is 5.75 Å². The van der Waals surface area contributed by atoms with Crippen LogP contribution in [0.15, 0.2) is 82.6 Å². The van der Waals surface area contributed by atoms with Gasteiger partial charge in [-0.2, -0.15) is 0 Å². The van der Waals surface area contributed by atoms with Crippen LogP contribution in [-0.2, 0) is 17.1 Å². The highest BCUT2D eigenvalue weighted by Crippen LogP contribution is 2.22. The van der Waals surface area contributed by atoms with Crippen LogP contribution in [0.2, 0.25) is 0 Å². The van der Waals surface area contributed by atoms with Crippen molar-refractivity contribution >= 4 is 23.4 Å². The van der Waals surface area contributed by atoms with Crippen molar-refractivity contribution in [1.82, 2.24) is 4.57 Å². The van der Waals surface area contributed by atoms with Crippen molar-refractivity contribution in [3.05, 3.63) is 88.8 Å². The second kappa shape index (κ2) is 9.09. The minimum absolute atomic E-state index is 0.0935. The number of methoxy groups -OCH3 is 1. The van der Waals surface area contributed by atoms with Gasteiger partial charge in [0.2, 0.25) is 11.3 Å². The van der Waals surface area contributed by atoms with Gasteiger partial charge in [-0.3, -0.25) is 9.59 Å². The maximum Gasteiger partial charge on any atom is 0.244 e. The van der Waals surface area contributed by atoms with Crippen molar-refractivity contribution < 1.29 is 9.53 Å². The molecule has 1 amide bonds. The molecule has 0 atom stereocenters. The Kier molecular flexibility index (Phi) is 6.33. The maximum absolute atomic E-state index is 12.4. The Morgan fingerprint density at radius 1 is 1.07 bits per heavy atom. The highest BCUT2D eigenvalue weighted by molar-refractivity contribution is 7.98. The smallest absolute Gasteiger partial charge is 0.244 e. The monoisotopic (exact) mass is 380 g/mol. The van der Waals surface area contributed by atoms with E-state index in [0.29, 0.717) is 5.75 Å². The van der Waals surface area contributed by atoms with Gasteiger partial charge in [0, 0.05) is 28.1 Å². The lowest BCUT2D eigenvalue weighted by molar-refractivity contribution is -0.116. The summed E-state index contributed by atoms with van der Waals surface area (Å²) in [6.45, 7) is 0.0935. The molecular formula is C21H20N2O3S. The lowest BCUT2D eigenvalue weighted by atomic mass is 10.3. The molecule has 1 heterocycles. The third-order valence-corrected chi connectivity index (χ3v) is 4.95. The number of amides is 1. The topological polar surface area (TPSA) is 60.3 Å². The van der Waals surface area contributed by atoms with Crippen molar-refractivity contribution in [3.63, 3.8) is 0 Å². The zero-order valence-electron chi connectivity index (χ0n) is 14.9. The number of rotatable bonds is 7. The molecule has 3 aromatic rings. The largest absolute Gasteiger partial charge is 0.491 e. The fourth-order valence-corrected chi connectivity index (χ4v) is 3.48. The molecule has 0 spiro atoms. The zero-order chi connectivity index (χ0) is 19.1. The van der Waals surface area contributed by atoms with Gasteiger partial charge in [-0.05, 0) is 24.3 Å². The van der Waals surface area contributed by atoms with Crippen LogP contribution in [0.1, 0.15) is 5.69 Å². The number of pyridine rings is 1. The SMILES string of the molecule is COc1cn(CC(=O)Nc2ccccc2)c(CSc2ccccc2)cc1=O. The van der Waals surface area contributed by atoms with Gasteiger partial charge in [0.15, 0.2) is 5.75 Å². The number of benzene rings is 2. The zero-order valence-corrected chi connectivity index (χ0v) is 15.7. The number of carbonyl (C=O) groups is 1. The minimum Gasteiger partial charge on any atom is -0.491 e. The molecule has 0 bridgehead atoms. The Labute approximate surface area is 162 Å². The maximum atomic E-state index is 12.4. The number of nitrogens with zero attached hydrogens (tertiary/aromatic N) is 1. The molecule has 0 aliphatic heterocycles. The van der Waals surface area contributed by atoms with Crippen LogP contribution in [0.25, 0.3) is 0 Å². The average molecular weight is 380 g/mol. The van der Waals surface area contributed by atoms with Crippen LogP contribution < -0.4 is 15.5 Å². The first-order valence-electron chi connectivity index (χ1n) is 8.46. The van der Waals surface area contributed by atoms with E-state index in [1.165, 1.54) is 13.2 Å². The van der Waals surface area contributed by atoms with Gasteiger partial charge in [0.05, 0.1) is 13.3 Å². The molecular weight excluding hydrogens is 360 g/mol. The van der Waals surface area contributed by atoms with Crippen LogP contribution in [0.3, 0.4) is 0 Å². The first-order valence-corrected chi connectivity index (χ1v) is 9.44. The van der Waals surface area contributed by atoms with E-state index < -0.39 is 0 Å². The van der Waals surface area contributed by atoms with Crippen LogP contribution in [0, 0.1) is 0 Å². The number of anilines is 1. The third kappa shape index (κ3) is 5.24. The van der Waals surface area contributed by atoms with E-state index in [1.54, 1.807) is 22.5 Å². The van der Waals surface area contributed by atoms with E-state index in [4.69, 9.17) is 4.74 Å². The van der Waals surface area contributed by atoms with Gasteiger partial charge >= 0.3 is 0 Å². The predicted molar refractivity (Wildman–Crippen MR) is 108 cm³/mol. The molecule has 2 aromatic carbocycles. The molecule has 5 nitrogen and oxygen atoms in total. The van der Waals surface area contributed by atoms with Gasteiger partial charge in [-0.15, -0.1) is 11.8 Å². The number of thioether (sulfide) groups is 1. The number of carbonyl (C=O) groups excluding carboxylic acids is 1. The Morgan fingerprint density at radius 3 is 2.41 bits per heavy atom. The Bertz CT molecular complexity index is 956. The molecule has 0 aliphatic rings. The number of aromatic nitrogens is 1. The summed E-state index contributed by atoms with van der Waals surface area (Å²) in [5.41, 5.74) is 1.30. The van der Waals surface area contributed by atoms with Gasteiger partial charge in [0.1, 0.15) is 6.54 Å². The summed E-state index contributed by atoms with van der Waals surface area (Å²) in [6.07, 6.45) is 1.59. The highest BCUT2D eigenvalue weighted by atomic mass is 32.2. The van der Waals surface area contributed by atoms with Gasteiger partial charge < -0.3 is 14.6 Å². The normalized spacial score (nSPS) is 10.4. The standard InChI is InChI=1S/C21H20N2O3S/c1-26-20-13-23(14-21(25)22-16-8-4-2-5-9-16)17(12-19(20)24)15-27-18-10-6-3-7-11-18/h2-13H,14-15H2,1H3,(H,22,25). The van der Waals surface area contributed by atoms with Crippen molar-refractivity contribution in [3.8, 4) is 5.75 Å². The molecule has 6 heteroatoms. The van der Waals surface area contributed by atoms with E-state index in [-0.39, 0.29) is 23.6 Å². The molecule has 27 heavy (non-hydrogen) atoms. The number of ether oxygens (including phenoxy) is 1. The Balaban J connectivity index is 1.79. The third-order valence-electron chi connectivity index (χ3n) is 3.90. The van der Waals surface area contributed by atoms with E-state index >= 15 is 0 Å². The first-order chi connectivity index (χ1) is 13.2.